The van der Waals surface area contributed by atoms with Crippen LogP contribution in [0.1, 0.15) is 53.4 Å². The van der Waals surface area contributed by atoms with Crippen molar-refractivity contribution in [3.05, 3.63) is 0 Å². The molecule has 0 fully saturated rings. The van der Waals surface area contributed by atoms with Gasteiger partial charge in [-0.25, -0.2) is 0 Å². The van der Waals surface area contributed by atoms with Crippen molar-refractivity contribution >= 4 is 11.9 Å². The number of unbranched alkanes of at least 4 members (excludes halogenated alkanes) is 2. The molecule has 0 radical (unpaired) electrons. The van der Waals surface area contributed by atoms with Crippen LogP contribution >= 0.6 is 0 Å². The van der Waals surface area contributed by atoms with E-state index < -0.39 is 17.8 Å². The van der Waals surface area contributed by atoms with E-state index in [0.29, 0.717) is 0 Å². The number of aliphatic carboxylic acids is 1. The van der Waals surface area contributed by atoms with E-state index in [0.717, 1.165) is 19.3 Å². The highest BCUT2D eigenvalue weighted by molar-refractivity contribution is 5.84. The topological polar surface area (TPSA) is 66.4 Å². The first-order valence-corrected chi connectivity index (χ1v) is 6.43. The summed E-state index contributed by atoms with van der Waals surface area (Å²) >= 11 is 0. The van der Waals surface area contributed by atoms with Gasteiger partial charge in [-0.3, -0.25) is 9.59 Å². The van der Waals surface area contributed by atoms with Gasteiger partial charge in [-0.2, -0.15) is 0 Å². The van der Waals surface area contributed by atoms with Gasteiger partial charge in [0.05, 0.1) is 5.92 Å². The molecule has 0 aliphatic heterocycles. The van der Waals surface area contributed by atoms with E-state index in [-0.39, 0.29) is 11.9 Å². The third-order valence-corrected chi connectivity index (χ3v) is 3.18. The Labute approximate surface area is 104 Å². The smallest absolute Gasteiger partial charge is 0.307 e. The molecule has 4 heteroatoms. The molecular formula is C13H25NO3. The number of carboxylic acid groups (broad SMARTS) is 1. The first-order valence-electron chi connectivity index (χ1n) is 6.43. The van der Waals surface area contributed by atoms with Crippen LogP contribution in [0.3, 0.4) is 0 Å². The summed E-state index contributed by atoms with van der Waals surface area (Å²) in [5.74, 6) is -2.21. The molecule has 3 unspecified atom stereocenters. The number of carbonyl (C=O) groups excluding carboxylic acids is 1. The van der Waals surface area contributed by atoms with Gasteiger partial charge in [-0.05, 0) is 13.3 Å². The third kappa shape index (κ3) is 6.29. The zero-order chi connectivity index (χ0) is 13.4. The van der Waals surface area contributed by atoms with Crippen molar-refractivity contribution in [2.45, 2.75) is 59.4 Å². The molecule has 0 bridgehead atoms. The van der Waals surface area contributed by atoms with Crippen LogP contribution in [0.5, 0.6) is 0 Å². The van der Waals surface area contributed by atoms with Crippen molar-refractivity contribution in [2.24, 2.45) is 11.8 Å². The Hall–Kier alpha value is -1.06. The maximum atomic E-state index is 11.8. The number of carboxylic acids is 1. The predicted molar refractivity (Wildman–Crippen MR) is 67.7 cm³/mol. The molecule has 0 aromatic rings. The van der Waals surface area contributed by atoms with E-state index >= 15 is 0 Å². The van der Waals surface area contributed by atoms with Gasteiger partial charge in [0.25, 0.3) is 0 Å². The maximum absolute atomic E-state index is 11.8. The largest absolute Gasteiger partial charge is 0.481 e. The van der Waals surface area contributed by atoms with Gasteiger partial charge >= 0.3 is 5.97 Å². The molecule has 0 spiro atoms. The van der Waals surface area contributed by atoms with E-state index in [1.165, 1.54) is 6.42 Å². The summed E-state index contributed by atoms with van der Waals surface area (Å²) in [6, 6.07) is 0.123. The standard InChI is InChI=1S/C13H25NO3/c1-5-6-7-8-9(2)14-12(15)10(3)11(4)13(16)17/h9-11H,5-8H2,1-4H3,(H,14,15)(H,16,17). The molecule has 0 heterocycles. The first-order chi connectivity index (χ1) is 7.90. The van der Waals surface area contributed by atoms with Crippen LogP contribution in [-0.4, -0.2) is 23.0 Å². The summed E-state index contributed by atoms with van der Waals surface area (Å²) < 4.78 is 0. The molecular weight excluding hydrogens is 218 g/mol. The van der Waals surface area contributed by atoms with Crippen LogP contribution < -0.4 is 5.32 Å². The van der Waals surface area contributed by atoms with E-state index in [4.69, 9.17) is 5.11 Å². The summed E-state index contributed by atoms with van der Waals surface area (Å²) in [4.78, 5) is 22.5. The van der Waals surface area contributed by atoms with Gasteiger partial charge in [0.15, 0.2) is 0 Å². The summed E-state index contributed by atoms with van der Waals surface area (Å²) in [6.45, 7) is 7.33. The van der Waals surface area contributed by atoms with Crippen LogP contribution in [-0.2, 0) is 9.59 Å². The lowest BCUT2D eigenvalue weighted by molar-refractivity contribution is -0.146. The summed E-state index contributed by atoms with van der Waals surface area (Å²) in [5, 5.41) is 11.7. The maximum Gasteiger partial charge on any atom is 0.307 e. The highest BCUT2D eigenvalue weighted by atomic mass is 16.4. The monoisotopic (exact) mass is 243 g/mol. The van der Waals surface area contributed by atoms with Gasteiger partial charge in [0.2, 0.25) is 5.91 Å². The Morgan fingerprint density at radius 1 is 1.12 bits per heavy atom. The third-order valence-electron chi connectivity index (χ3n) is 3.18. The second-order valence-electron chi connectivity index (χ2n) is 4.82. The SMILES string of the molecule is CCCCCC(C)NC(=O)C(C)C(C)C(=O)O. The number of hydrogen-bond acceptors (Lipinski definition) is 2. The molecule has 0 aliphatic carbocycles. The first kappa shape index (κ1) is 15.9. The van der Waals surface area contributed by atoms with Gasteiger partial charge in [0, 0.05) is 12.0 Å². The molecule has 2 N–H and O–H groups in total. The molecule has 0 saturated heterocycles. The summed E-state index contributed by atoms with van der Waals surface area (Å²) in [7, 11) is 0. The second-order valence-corrected chi connectivity index (χ2v) is 4.82. The van der Waals surface area contributed by atoms with Crippen molar-refractivity contribution in [3.63, 3.8) is 0 Å². The molecule has 0 rings (SSSR count). The summed E-state index contributed by atoms with van der Waals surface area (Å²) in [5.41, 5.74) is 0. The number of rotatable bonds is 8. The molecule has 0 aromatic heterocycles. The molecule has 0 saturated carbocycles. The highest BCUT2D eigenvalue weighted by Gasteiger charge is 2.26. The second kappa shape index (κ2) is 8.09. The molecule has 4 nitrogen and oxygen atoms in total. The van der Waals surface area contributed by atoms with E-state index in [9.17, 15) is 9.59 Å². The van der Waals surface area contributed by atoms with Crippen molar-refractivity contribution in [1.82, 2.24) is 5.32 Å². The van der Waals surface area contributed by atoms with Crippen LogP contribution in [0.25, 0.3) is 0 Å². The quantitative estimate of drug-likeness (QED) is 0.643. The lowest BCUT2D eigenvalue weighted by atomic mass is 9.95. The lowest BCUT2D eigenvalue weighted by Gasteiger charge is -2.19. The van der Waals surface area contributed by atoms with Gasteiger partial charge in [0.1, 0.15) is 0 Å². The molecule has 3 atom stereocenters. The Morgan fingerprint density at radius 3 is 2.18 bits per heavy atom. The predicted octanol–water partition coefficient (Wildman–Crippen LogP) is 2.43. The lowest BCUT2D eigenvalue weighted by Crippen LogP contribution is -2.39. The van der Waals surface area contributed by atoms with Crippen molar-refractivity contribution in [1.29, 1.82) is 0 Å². The van der Waals surface area contributed by atoms with Crippen LogP contribution in [0, 0.1) is 11.8 Å². The normalized spacial score (nSPS) is 16.0. The molecule has 1 amide bonds. The summed E-state index contributed by atoms with van der Waals surface area (Å²) in [6.07, 6.45) is 4.38. The number of carbonyl (C=O) groups is 2. The molecule has 0 aromatic carbocycles. The minimum atomic E-state index is -0.925. The van der Waals surface area contributed by atoms with Gasteiger partial charge < -0.3 is 10.4 Å². The van der Waals surface area contributed by atoms with Crippen LogP contribution in [0.2, 0.25) is 0 Å². The molecule has 17 heavy (non-hydrogen) atoms. The zero-order valence-electron chi connectivity index (χ0n) is 11.3. The average Bonchev–Trinajstić information content (AvgIpc) is 2.27. The number of amides is 1. The van der Waals surface area contributed by atoms with Crippen LogP contribution in [0.15, 0.2) is 0 Å². The Balaban J connectivity index is 4.02. The van der Waals surface area contributed by atoms with Crippen molar-refractivity contribution in [3.8, 4) is 0 Å². The fraction of sp³-hybridized carbons (Fsp3) is 0.846. The minimum absolute atomic E-state index is 0.123. The van der Waals surface area contributed by atoms with Crippen LogP contribution in [0.4, 0.5) is 0 Å². The molecule has 0 aliphatic rings. The number of nitrogens with one attached hydrogen (secondary N) is 1. The molecule has 100 valence electrons. The fourth-order valence-corrected chi connectivity index (χ4v) is 1.59. The zero-order valence-corrected chi connectivity index (χ0v) is 11.3. The fourth-order valence-electron chi connectivity index (χ4n) is 1.59. The van der Waals surface area contributed by atoms with E-state index in [1.54, 1.807) is 13.8 Å². The van der Waals surface area contributed by atoms with E-state index in [2.05, 4.69) is 12.2 Å². The van der Waals surface area contributed by atoms with Crippen molar-refractivity contribution in [2.75, 3.05) is 0 Å². The van der Waals surface area contributed by atoms with Crippen molar-refractivity contribution < 1.29 is 14.7 Å². The Morgan fingerprint density at radius 2 is 1.71 bits per heavy atom. The minimum Gasteiger partial charge on any atom is -0.481 e. The Bertz CT molecular complexity index is 253. The average molecular weight is 243 g/mol. The van der Waals surface area contributed by atoms with Gasteiger partial charge in [-0.1, -0.05) is 40.0 Å². The van der Waals surface area contributed by atoms with Gasteiger partial charge in [-0.15, -0.1) is 0 Å². The number of hydrogen-bond donors (Lipinski definition) is 2. The van der Waals surface area contributed by atoms with E-state index in [1.807, 2.05) is 6.92 Å². The Kier molecular flexibility index (Phi) is 7.59. The highest BCUT2D eigenvalue weighted by Crippen LogP contribution is 2.12.